The van der Waals surface area contributed by atoms with Crippen molar-refractivity contribution in [3.63, 3.8) is 0 Å². The number of fused-ring (bicyclic) bond motifs is 1. The van der Waals surface area contributed by atoms with Gasteiger partial charge < -0.3 is 4.74 Å². The predicted octanol–water partition coefficient (Wildman–Crippen LogP) is 3.89. The first-order valence-electron chi connectivity index (χ1n) is 6.02. The van der Waals surface area contributed by atoms with Crippen molar-refractivity contribution in [2.24, 2.45) is 0 Å². The molecule has 98 valence electrons. The van der Waals surface area contributed by atoms with E-state index in [4.69, 9.17) is 10.00 Å². The number of benzene rings is 1. The lowest BCUT2D eigenvalue weighted by Crippen LogP contribution is -1.92. The van der Waals surface area contributed by atoms with Crippen molar-refractivity contribution in [3.05, 3.63) is 59.9 Å². The van der Waals surface area contributed by atoms with E-state index in [1.54, 1.807) is 18.2 Å². The van der Waals surface area contributed by atoms with Gasteiger partial charge in [0.15, 0.2) is 0 Å². The van der Waals surface area contributed by atoms with Gasteiger partial charge in [0.2, 0.25) is 5.88 Å². The first-order valence-corrected chi connectivity index (χ1v) is 7.14. The summed E-state index contributed by atoms with van der Waals surface area (Å²) in [5.74, 6) is 1.15. The predicted molar refractivity (Wildman–Crippen MR) is 79.1 cm³/mol. The first kappa shape index (κ1) is 12.7. The number of ether oxygens (including phenoxy) is 1. The second-order valence-corrected chi connectivity index (χ2v) is 4.73. The van der Waals surface area contributed by atoms with E-state index in [9.17, 15) is 0 Å². The molecular weight excluding hydrogens is 318 g/mol. The van der Waals surface area contributed by atoms with Gasteiger partial charge in [0.25, 0.3) is 0 Å². The fourth-order valence-electron chi connectivity index (χ4n) is 1.97. The van der Waals surface area contributed by atoms with Crippen LogP contribution in [0.3, 0.4) is 0 Å². The highest BCUT2D eigenvalue weighted by molar-refractivity contribution is 9.08. The molecule has 0 bridgehead atoms. The lowest BCUT2D eigenvalue weighted by molar-refractivity contribution is 0.461. The largest absolute Gasteiger partial charge is 0.437 e. The van der Waals surface area contributed by atoms with E-state index in [1.807, 2.05) is 34.9 Å². The van der Waals surface area contributed by atoms with Crippen LogP contribution in [0.5, 0.6) is 11.6 Å². The van der Waals surface area contributed by atoms with Crippen LogP contribution in [-0.4, -0.2) is 9.38 Å². The lowest BCUT2D eigenvalue weighted by Gasteiger charge is -2.04. The zero-order chi connectivity index (χ0) is 13.9. The molecule has 0 unspecified atom stereocenters. The van der Waals surface area contributed by atoms with Crippen molar-refractivity contribution >= 4 is 21.6 Å². The van der Waals surface area contributed by atoms with Crippen molar-refractivity contribution in [3.8, 4) is 17.7 Å². The van der Waals surface area contributed by atoms with Crippen LogP contribution >= 0.6 is 15.9 Å². The molecule has 20 heavy (non-hydrogen) atoms. The molecule has 2 heterocycles. The number of nitrogens with zero attached hydrogens (tertiary/aromatic N) is 3. The molecule has 5 heteroatoms. The quantitative estimate of drug-likeness (QED) is 0.685. The second-order valence-electron chi connectivity index (χ2n) is 4.17. The van der Waals surface area contributed by atoms with Crippen molar-refractivity contribution < 1.29 is 4.74 Å². The van der Waals surface area contributed by atoms with Gasteiger partial charge in [-0.1, -0.05) is 28.1 Å². The summed E-state index contributed by atoms with van der Waals surface area (Å²) in [5.41, 5.74) is 2.32. The molecular formula is C15H10BrN3O. The van der Waals surface area contributed by atoms with Crippen LogP contribution < -0.4 is 4.74 Å². The minimum absolute atomic E-state index is 0.545. The topological polar surface area (TPSA) is 50.3 Å². The van der Waals surface area contributed by atoms with Crippen molar-refractivity contribution in [2.75, 3.05) is 0 Å². The molecule has 0 atom stereocenters. The summed E-state index contributed by atoms with van der Waals surface area (Å²) in [6.07, 6.45) is 1.94. The van der Waals surface area contributed by atoms with E-state index < -0.39 is 0 Å². The highest BCUT2D eigenvalue weighted by Crippen LogP contribution is 2.27. The number of imidazole rings is 1. The van der Waals surface area contributed by atoms with Gasteiger partial charge in [-0.05, 0) is 30.3 Å². The number of halogens is 1. The van der Waals surface area contributed by atoms with Gasteiger partial charge in [0.05, 0.1) is 17.3 Å². The minimum Gasteiger partial charge on any atom is -0.437 e. The zero-order valence-corrected chi connectivity index (χ0v) is 12.0. The Morgan fingerprint density at radius 3 is 2.95 bits per heavy atom. The van der Waals surface area contributed by atoms with Gasteiger partial charge in [0, 0.05) is 11.5 Å². The van der Waals surface area contributed by atoms with Gasteiger partial charge in [-0.25, -0.2) is 0 Å². The smallest absolute Gasteiger partial charge is 0.242 e. The summed E-state index contributed by atoms with van der Waals surface area (Å²) in [5, 5.41) is 9.54. The Hall–Kier alpha value is -2.32. The number of aromatic nitrogens is 2. The molecule has 2 aromatic heterocycles. The van der Waals surface area contributed by atoms with E-state index in [0.717, 1.165) is 11.3 Å². The normalized spacial score (nSPS) is 10.4. The van der Waals surface area contributed by atoms with Gasteiger partial charge >= 0.3 is 0 Å². The highest BCUT2D eigenvalue weighted by atomic mass is 79.9. The van der Waals surface area contributed by atoms with E-state index in [0.29, 0.717) is 22.5 Å². The molecule has 0 amide bonds. The third kappa shape index (κ3) is 2.26. The molecule has 0 radical (unpaired) electrons. The Morgan fingerprint density at radius 2 is 2.15 bits per heavy atom. The summed E-state index contributed by atoms with van der Waals surface area (Å²) in [6, 6.07) is 14.9. The third-order valence-corrected chi connectivity index (χ3v) is 3.43. The number of pyridine rings is 1. The van der Waals surface area contributed by atoms with Gasteiger partial charge in [-0.2, -0.15) is 10.2 Å². The van der Waals surface area contributed by atoms with Crippen LogP contribution in [0.25, 0.3) is 5.65 Å². The molecule has 0 spiro atoms. The molecule has 4 nitrogen and oxygen atoms in total. The van der Waals surface area contributed by atoms with Crippen LogP contribution in [0.1, 0.15) is 11.3 Å². The van der Waals surface area contributed by atoms with E-state index >= 15 is 0 Å². The maximum atomic E-state index is 8.91. The Balaban J connectivity index is 2.04. The lowest BCUT2D eigenvalue weighted by atomic mass is 10.2. The minimum atomic E-state index is 0.545. The third-order valence-electron chi connectivity index (χ3n) is 2.90. The summed E-state index contributed by atoms with van der Waals surface area (Å²) in [7, 11) is 0. The molecule has 0 N–H and O–H groups in total. The Kier molecular flexibility index (Phi) is 3.40. The van der Waals surface area contributed by atoms with Crippen LogP contribution in [0.4, 0.5) is 0 Å². The van der Waals surface area contributed by atoms with Crippen molar-refractivity contribution in [1.82, 2.24) is 9.38 Å². The van der Waals surface area contributed by atoms with Gasteiger partial charge in [-0.3, -0.25) is 4.40 Å². The molecule has 0 aliphatic heterocycles. The Bertz CT molecular complexity index is 804. The summed E-state index contributed by atoms with van der Waals surface area (Å²) < 4.78 is 7.79. The molecule has 0 fully saturated rings. The summed E-state index contributed by atoms with van der Waals surface area (Å²) >= 11 is 3.46. The Morgan fingerprint density at radius 1 is 1.25 bits per heavy atom. The molecule has 3 rings (SSSR count). The number of nitriles is 1. The monoisotopic (exact) mass is 327 g/mol. The summed E-state index contributed by atoms with van der Waals surface area (Å²) in [6.45, 7) is 0. The summed E-state index contributed by atoms with van der Waals surface area (Å²) in [4.78, 5) is 4.46. The number of rotatable bonds is 3. The van der Waals surface area contributed by atoms with Crippen LogP contribution in [0.15, 0.2) is 48.7 Å². The van der Waals surface area contributed by atoms with Crippen molar-refractivity contribution in [2.45, 2.75) is 5.33 Å². The zero-order valence-electron chi connectivity index (χ0n) is 10.5. The molecule has 0 aliphatic carbocycles. The van der Waals surface area contributed by atoms with Gasteiger partial charge in [-0.15, -0.1) is 0 Å². The SMILES string of the molecule is N#Cc1cccc(Oc2nc3ccccn3c2CBr)c1. The van der Waals surface area contributed by atoms with Crippen LogP contribution in [0.2, 0.25) is 0 Å². The fraction of sp³-hybridized carbons (Fsp3) is 0.0667. The van der Waals surface area contributed by atoms with Crippen LogP contribution in [0, 0.1) is 11.3 Å². The average molecular weight is 328 g/mol. The molecule has 0 saturated carbocycles. The maximum Gasteiger partial charge on any atom is 0.242 e. The highest BCUT2D eigenvalue weighted by Gasteiger charge is 2.12. The van der Waals surface area contributed by atoms with Crippen molar-refractivity contribution in [1.29, 1.82) is 5.26 Å². The standard InChI is InChI=1S/C15H10BrN3O/c16-9-13-15(18-14-6-1-2-7-19(13)14)20-12-5-3-4-11(8-12)10-17/h1-8H,9H2. The maximum absolute atomic E-state index is 8.91. The molecule has 0 aliphatic rings. The molecule has 0 saturated heterocycles. The Labute approximate surface area is 124 Å². The van der Waals surface area contributed by atoms with E-state index in [-0.39, 0.29) is 0 Å². The number of alkyl halides is 1. The van der Waals surface area contributed by atoms with E-state index in [1.165, 1.54) is 0 Å². The molecule has 3 aromatic rings. The van der Waals surface area contributed by atoms with Crippen LogP contribution in [-0.2, 0) is 5.33 Å². The van der Waals surface area contributed by atoms with Gasteiger partial charge in [0.1, 0.15) is 11.4 Å². The number of hydrogen-bond donors (Lipinski definition) is 0. The fourth-order valence-corrected chi connectivity index (χ4v) is 2.48. The van der Waals surface area contributed by atoms with E-state index in [2.05, 4.69) is 27.0 Å². The molecule has 1 aromatic carbocycles. The average Bonchev–Trinajstić information content (AvgIpc) is 2.84. The first-order chi connectivity index (χ1) is 9.81. The second kappa shape index (κ2) is 5.35. The number of hydrogen-bond acceptors (Lipinski definition) is 3.